The summed E-state index contributed by atoms with van der Waals surface area (Å²) < 4.78 is 0. The van der Waals surface area contributed by atoms with E-state index in [4.69, 9.17) is 17.3 Å². The highest BCUT2D eigenvalue weighted by molar-refractivity contribution is 6.30. The first-order valence-electron chi connectivity index (χ1n) is 8.11. The minimum Gasteiger partial charge on any atom is -0.369 e. The molecule has 0 amide bonds. The molecule has 0 radical (unpaired) electrons. The van der Waals surface area contributed by atoms with Crippen LogP contribution in [0.25, 0.3) is 0 Å². The third-order valence-electron chi connectivity index (χ3n) is 5.62. The van der Waals surface area contributed by atoms with Gasteiger partial charge in [0.05, 0.1) is 0 Å². The van der Waals surface area contributed by atoms with E-state index >= 15 is 0 Å². The molecule has 2 unspecified atom stereocenters. The fourth-order valence-corrected chi connectivity index (χ4v) is 4.32. The van der Waals surface area contributed by atoms with Gasteiger partial charge in [-0.1, -0.05) is 24.9 Å². The van der Waals surface area contributed by atoms with Crippen LogP contribution in [0.1, 0.15) is 26.2 Å². The van der Waals surface area contributed by atoms with Gasteiger partial charge in [0.1, 0.15) is 0 Å². The lowest BCUT2D eigenvalue weighted by Crippen LogP contribution is -2.61. The average molecular weight is 308 g/mol. The molecule has 0 aromatic heterocycles. The molecule has 1 aliphatic heterocycles. The summed E-state index contributed by atoms with van der Waals surface area (Å²) in [5, 5.41) is 0.805. The molecule has 1 aromatic rings. The van der Waals surface area contributed by atoms with E-state index in [1.165, 1.54) is 24.9 Å². The SMILES string of the molecule is CC1CCCC1(CN)N1CCN(c2ccc(Cl)cc2)CC1. The molecule has 1 heterocycles. The smallest absolute Gasteiger partial charge is 0.0407 e. The largest absolute Gasteiger partial charge is 0.369 e. The van der Waals surface area contributed by atoms with Gasteiger partial charge >= 0.3 is 0 Å². The minimum absolute atomic E-state index is 0.256. The van der Waals surface area contributed by atoms with Gasteiger partial charge in [-0.25, -0.2) is 0 Å². The van der Waals surface area contributed by atoms with Gasteiger partial charge in [0, 0.05) is 49.0 Å². The van der Waals surface area contributed by atoms with Crippen molar-refractivity contribution in [3.63, 3.8) is 0 Å². The third kappa shape index (κ3) is 2.79. The van der Waals surface area contributed by atoms with Crippen molar-refractivity contribution in [2.45, 2.75) is 31.7 Å². The Labute approximate surface area is 133 Å². The zero-order valence-electron chi connectivity index (χ0n) is 12.9. The van der Waals surface area contributed by atoms with Crippen LogP contribution in [-0.4, -0.2) is 43.2 Å². The summed E-state index contributed by atoms with van der Waals surface area (Å²) in [6.07, 6.45) is 3.93. The number of hydrogen-bond acceptors (Lipinski definition) is 3. The molecule has 1 aliphatic carbocycles. The molecule has 2 fully saturated rings. The second-order valence-electron chi connectivity index (χ2n) is 6.55. The minimum atomic E-state index is 0.256. The van der Waals surface area contributed by atoms with Crippen LogP contribution in [0, 0.1) is 5.92 Å². The Morgan fingerprint density at radius 3 is 2.38 bits per heavy atom. The number of hydrogen-bond donors (Lipinski definition) is 1. The van der Waals surface area contributed by atoms with Gasteiger partial charge in [-0.05, 0) is 43.0 Å². The summed E-state index contributed by atoms with van der Waals surface area (Å²) in [5.74, 6) is 0.726. The van der Waals surface area contributed by atoms with Gasteiger partial charge in [-0.15, -0.1) is 0 Å². The maximum atomic E-state index is 6.18. The van der Waals surface area contributed by atoms with Crippen LogP contribution in [0.15, 0.2) is 24.3 Å². The zero-order valence-corrected chi connectivity index (χ0v) is 13.6. The fourth-order valence-electron chi connectivity index (χ4n) is 4.19. The Bertz CT molecular complexity index is 467. The summed E-state index contributed by atoms with van der Waals surface area (Å²) >= 11 is 5.97. The summed E-state index contributed by atoms with van der Waals surface area (Å²) in [7, 11) is 0. The Kier molecular flexibility index (Phi) is 4.43. The molecule has 3 nitrogen and oxygen atoms in total. The number of nitrogens with two attached hydrogens (primary N) is 1. The van der Waals surface area contributed by atoms with E-state index in [-0.39, 0.29) is 5.54 Å². The van der Waals surface area contributed by atoms with Gasteiger partial charge in [-0.2, -0.15) is 0 Å². The number of benzene rings is 1. The highest BCUT2D eigenvalue weighted by atomic mass is 35.5. The Balaban J connectivity index is 1.66. The quantitative estimate of drug-likeness (QED) is 0.932. The van der Waals surface area contributed by atoms with Crippen LogP contribution in [0.4, 0.5) is 5.69 Å². The molecule has 0 spiro atoms. The number of halogens is 1. The van der Waals surface area contributed by atoms with Crippen molar-refractivity contribution in [3.8, 4) is 0 Å². The zero-order chi connectivity index (χ0) is 14.9. The third-order valence-corrected chi connectivity index (χ3v) is 5.87. The van der Waals surface area contributed by atoms with Crippen molar-refractivity contribution in [1.29, 1.82) is 0 Å². The predicted molar refractivity (Wildman–Crippen MR) is 90.0 cm³/mol. The average Bonchev–Trinajstić information content (AvgIpc) is 2.90. The van der Waals surface area contributed by atoms with Crippen LogP contribution in [0.3, 0.4) is 0 Å². The molecule has 2 N–H and O–H groups in total. The number of rotatable bonds is 3. The van der Waals surface area contributed by atoms with Crippen molar-refractivity contribution in [3.05, 3.63) is 29.3 Å². The van der Waals surface area contributed by atoms with Crippen molar-refractivity contribution < 1.29 is 0 Å². The number of piperazine rings is 1. The van der Waals surface area contributed by atoms with Crippen molar-refractivity contribution in [2.75, 3.05) is 37.6 Å². The van der Waals surface area contributed by atoms with Gasteiger partial charge in [0.2, 0.25) is 0 Å². The monoisotopic (exact) mass is 307 g/mol. The van der Waals surface area contributed by atoms with Gasteiger partial charge < -0.3 is 10.6 Å². The normalized spacial score (nSPS) is 30.8. The van der Waals surface area contributed by atoms with E-state index in [2.05, 4.69) is 28.9 Å². The first kappa shape index (κ1) is 15.1. The Morgan fingerprint density at radius 2 is 1.86 bits per heavy atom. The summed E-state index contributed by atoms with van der Waals surface area (Å²) in [5.41, 5.74) is 7.72. The van der Waals surface area contributed by atoms with E-state index in [1.54, 1.807) is 0 Å². The highest BCUT2D eigenvalue weighted by Gasteiger charge is 2.44. The second kappa shape index (κ2) is 6.15. The first-order valence-corrected chi connectivity index (χ1v) is 8.49. The van der Waals surface area contributed by atoms with Crippen molar-refractivity contribution >= 4 is 17.3 Å². The van der Waals surface area contributed by atoms with Gasteiger partial charge in [0.15, 0.2) is 0 Å². The summed E-state index contributed by atoms with van der Waals surface area (Å²) in [6, 6.07) is 8.19. The number of anilines is 1. The molecule has 2 aliphatic rings. The van der Waals surface area contributed by atoms with E-state index in [1.807, 2.05) is 12.1 Å². The Hall–Kier alpha value is -0.770. The molecular formula is C17H26ClN3. The highest BCUT2D eigenvalue weighted by Crippen LogP contribution is 2.40. The van der Waals surface area contributed by atoms with Crippen LogP contribution < -0.4 is 10.6 Å². The summed E-state index contributed by atoms with van der Waals surface area (Å²) in [4.78, 5) is 5.12. The lowest BCUT2D eigenvalue weighted by atomic mass is 9.85. The molecule has 4 heteroatoms. The van der Waals surface area contributed by atoms with Gasteiger partial charge in [-0.3, -0.25) is 4.90 Å². The molecule has 0 bridgehead atoms. The van der Waals surface area contributed by atoms with Crippen LogP contribution in [-0.2, 0) is 0 Å². The molecule has 21 heavy (non-hydrogen) atoms. The first-order chi connectivity index (χ1) is 10.2. The molecule has 3 rings (SSSR count). The van der Waals surface area contributed by atoms with Gasteiger partial charge in [0.25, 0.3) is 0 Å². The van der Waals surface area contributed by atoms with Crippen molar-refractivity contribution in [1.82, 2.24) is 4.90 Å². The van der Waals surface area contributed by atoms with E-state index in [0.29, 0.717) is 0 Å². The molecule has 116 valence electrons. The molecule has 2 atom stereocenters. The second-order valence-corrected chi connectivity index (χ2v) is 6.99. The topological polar surface area (TPSA) is 32.5 Å². The predicted octanol–water partition coefficient (Wildman–Crippen LogP) is 2.98. The van der Waals surface area contributed by atoms with E-state index in [9.17, 15) is 0 Å². The van der Waals surface area contributed by atoms with Crippen LogP contribution in [0.2, 0.25) is 5.02 Å². The van der Waals surface area contributed by atoms with Crippen molar-refractivity contribution in [2.24, 2.45) is 11.7 Å². The molecular weight excluding hydrogens is 282 g/mol. The molecule has 1 saturated heterocycles. The summed E-state index contributed by atoms with van der Waals surface area (Å²) in [6.45, 7) is 7.57. The van der Waals surface area contributed by atoms with Crippen LogP contribution >= 0.6 is 11.6 Å². The lowest BCUT2D eigenvalue weighted by molar-refractivity contribution is 0.0582. The fraction of sp³-hybridized carbons (Fsp3) is 0.647. The maximum Gasteiger partial charge on any atom is 0.0407 e. The van der Waals surface area contributed by atoms with E-state index in [0.717, 1.165) is 43.7 Å². The maximum absolute atomic E-state index is 6.18. The Morgan fingerprint density at radius 1 is 1.19 bits per heavy atom. The molecule has 1 saturated carbocycles. The number of nitrogens with zero attached hydrogens (tertiary/aromatic N) is 2. The lowest BCUT2D eigenvalue weighted by Gasteiger charge is -2.48. The standard InChI is InChI=1S/C17H26ClN3/c1-14-3-2-8-17(14,13-19)21-11-9-20(10-12-21)16-6-4-15(18)5-7-16/h4-7,14H,2-3,8-13,19H2,1H3. The van der Waals surface area contributed by atoms with Crippen LogP contribution in [0.5, 0.6) is 0 Å². The van der Waals surface area contributed by atoms with E-state index < -0.39 is 0 Å². The molecule has 1 aromatic carbocycles.